The number of hydrogen-bond acceptors (Lipinski definition) is 7. The number of nitrogens with one attached hydrogen (secondary N) is 1. The smallest absolute Gasteiger partial charge is 0.323 e. The molecule has 9 nitrogen and oxygen atoms in total. The fraction of sp³-hybridized carbons (Fsp3) is 0.222. The van der Waals surface area contributed by atoms with Crippen LogP contribution in [0, 0.1) is 0 Å². The molecule has 2 aromatic carbocycles. The van der Waals surface area contributed by atoms with Gasteiger partial charge in [-0.3, -0.25) is 9.59 Å². The van der Waals surface area contributed by atoms with Gasteiger partial charge in [0.1, 0.15) is 17.5 Å². The highest BCUT2D eigenvalue weighted by molar-refractivity contribution is 7.90. The van der Waals surface area contributed by atoms with E-state index in [0.717, 1.165) is 0 Å². The Morgan fingerprint density at radius 3 is 2.57 bits per heavy atom. The largest absolute Gasteiger partial charge is 0.463 e. The number of sulfonamides is 2. The lowest BCUT2D eigenvalue weighted by Crippen LogP contribution is -2.41. The molecule has 30 heavy (non-hydrogen) atoms. The van der Waals surface area contributed by atoms with E-state index in [1.54, 1.807) is 6.07 Å². The van der Waals surface area contributed by atoms with Gasteiger partial charge in [0, 0.05) is 5.02 Å². The molecule has 0 spiro atoms. The number of hydrogen-bond donors (Lipinski definition) is 1. The number of nitrogens with zero attached hydrogens (tertiary/aromatic N) is 1. The minimum atomic E-state index is -4.03. The first-order valence-electron chi connectivity index (χ1n) is 8.64. The first-order chi connectivity index (χ1) is 14.0. The van der Waals surface area contributed by atoms with Gasteiger partial charge in [-0.2, -0.15) is 4.72 Å². The summed E-state index contributed by atoms with van der Waals surface area (Å²) in [6.45, 7) is 0.453. The molecule has 0 unspecified atom stereocenters. The molecular formula is C18H17ClN2O7S2. The lowest BCUT2D eigenvalue weighted by molar-refractivity contribution is -0.145. The predicted molar refractivity (Wildman–Crippen MR) is 107 cm³/mol. The molecule has 160 valence electrons. The number of amides is 1. The summed E-state index contributed by atoms with van der Waals surface area (Å²) in [5.74, 6) is -1.64. The van der Waals surface area contributed by atoms with Crippen molar-refractivity contribution in [1.82, 2.24) is 9.03 Å². The number of carbonyl (C=O) groups is 2. The van der Waals surface area contributed by atoms with Gasteiger partial charge in [-0.25, -0.2) is 21.1 Å². The van der Waals surface area contributed by atoms with Crippen LogP contribution in [0.4, 0.5) is 0 Å². The number of rotatable bonds is 7. The first kappa shape index (κ1) is 22.2. The van der Waals surface area contributed by atoms with E-state index >= 15 is 0 Å². The monoisotopic (exact) mass is 472 g/mol. The third kappa shape index (κ3) is 4.33. The Bertz CT molecular complexity index is 1210. The van der Waals surface area contributed by atoms with Crippen molar-refractivity contribution in [1.29, 1.82) is 0 Å². The molecule has 1 atom stereocenters. The predicted octanol–water partition coefficient (Wildman–Crippen LogP) is 1.39. The minimum absolute atomic E-state index is 0.0477. The average molecular weight is 473 g/mol. The zero-order valence-electron chi connectivity index (χ0n) is 15.6. The quantitative estimate of drug-likeness (QED) is 0.603. The summed E-state index contributed by atoms with van der Waals surface area (Å²) < 4.78 is 57.3. The molecule has 0 aliphatic carbocycles. The summed E-state index contributed by atoms with van der Waals surface area (Å²) in [6, 6.07) is 10.0. The van der Waals surface area contributed by atoms with Crippen LogP contribution in [0.5, 0.6) is 0 Å². The standard InChI is InChI=1S/C18H17ClN2O7S2/c1-12(20-29(24,25)14-6-4-5-13(19)11-14)18(23)28-10-9-21-17(22)15-7-2-3-8-16(15)30(21,26)27/h2-8,11-12,20H,9-10H2,1H3/t12-/m1/s1. The van der Waals surface area contributed by atoms with Gasteiger partial charge >= 0.3 is 5.97 Å². The van der Waals surface area contributed by atoms with Crippen molar-refractivity contribution < 1.29 is 31.2 Å². The van der Waals surface area contributed by atoms with E-state index in [1.165, 1.54) is 49.4 Å². The minimum Gasteiger partial charge on any atom is -0.463 e. The van der Waals surface area contributed by atoms with Crippen LogP contribution in [0.1, 0.15) is 17.3 Å². The van der Waals surface area contributed by atoms with Crippen LogP contribution >= 0.6 is 11.6 Å². The third-order valence-corrected chi connectivity index (χ3v) is 7.86. The van der Waals surface area contributed by atoms with Crippen LogP contribution in [0.2, 0.25) is 5.02 Å². The van der Waals surface area contributed by atoms with Gasteiger partial charge in [0.05, 0.1) is 17.0 Å². The summed E-state index contributed by atoms with van der Waals surface area (Å²) in [5, 5.41) is 0.214. The van der Waals surface area contributed by atoms with E-state index < -0.39 is 51.1 Å². The van der Waals surface area contributed by atoms with Crippen LogP contribution in [0.25, 0.3) is 0 Å². The van der Waals surface area contributed by atoms with Crippen molar-refractivity contribution in [2.24, 2.45) is 0 Å². The Balaban J connectivity index is 1.59. The average Bonchev–Trinajstić information content (AvgIpc) is 2.88. The van der Waals surface area contributed by atoms with Crippen molar-refractivity contribution in [3.8, 4) is 0 Å². The number of halogens is 1. The zero-order chi connectivity index (χ0) is 22.1. The number of carbonyl (C=O) groups excluding carboxylic acids is 2. The molecule has 0 saturated heterocycles. The van der Waals surface area contributed by atoms with E-state index in [2.05, 4.69) is 4.72 Å². The molecule has 1 aliphatic rings. The number of ether oxygens (including phenoxy) is 1. The SMILES string of the molecule is C[C@@H](NS(=O)(=O)c1cccc(Cl)c1)C(=O)OCCN1C(=O)c2ccccc2S1(=O)=O. The molecule has 1 amide bonds. The third-order valence-electron chi connectivity index (χ3n) is 4.24. The summed E-state index contributed by atoms with van der Waals surface area (Å²) in [5.41, 5.74) is 0.0477. The normalized spacial score (nSPS) is 16.2. The molecule has 0 aromatic heterocycles. The summed E-state index contributed by atoms with van der Waals surface area (Å²) >= 11 is 5.78. The Morgan fingerprint density at radius 2 is 1.90 bits per heavy atom. The van der Waals surface area contributed by atoms with Crippen molar-refractivity contribution in [2.45, 2.75) is 22.8 Å². The number of benzene rings is 2. The van der Waals surface area contributed by atoms with E-state index in [0.29, 0.717) is 4.31 Å². The van der Waals surface area contributed by atoms with Crippen LogP contribution in [0.15, 0.2) is 58.3 Å². The van der Waals surface area contributed by atoms with Crippen LogP contribution in [0.3, 0.4) is 0 Å². The Labute approximate surface area is 178 Å². The van der Waals surface area contributed by atoms with Crippen molar-refractivity contribution >= 4 is 43.5 Å². The molecule has 3 rings (SSSR count). The highest BCUT2D eigenvalue weighted by Gasteiger charge is 2.40. The van der Waals surface area contributed by atoms with Crippen LogP contribution < -0.4 is 4.72 Å². The maximum absolute atomic E-state index is 12.4. The lowest BCUT2D eigenvalue weighted by Gasteiger charge is -2.17. The Hall–Kier alpha value is -2.47. The lowest BCUT2D eigenvalue weighted by atomic mass is 10.2. The number of esters is 1. The van der Waals surface area contributed by atoms with Crippen LogP contribution in [-0.2, 0) is 29.6 Å². The van der Waals surface area contributed by atoms with E-state index in [9.17, 15) is 26.4 Å². The van der Waals surface area contributed by atoms with Gasteiger partial charge in [-0.15, -0.1) is 0 Å². The molecule has 0 radical (unpaired) electrons. The molecule has 0 saturated carbocycles. The van der Waals surface area contributed by atoms with Gasteiger partial charge in [-0.1, -0.05) is 29.8 Å². The van der Waals surface area contributed by atoms with Gasteiger partial charge in [0.2, 0.25) is 10.0 Å². The van der Waals surface area contributed by atoms with Gasteiger partial charge < -0.3 is 4.74 Å². The second kappa shape index (κ2) is 8.34. The second-order valence-corrected chi connectivity index (χ2v) is 10.3. The Morgan fingerprint density at radius 1 is 1.20 bits per heavy atom. The van der Waals surface area contributed by atoms with Crippen LogP contribution in [-0.4, -0.2) is 52.2 Å². The first-order valence-corrected chi connectivity index (χ1v) is 11.9. The van der Waals surface area contributed by atoms with E-state index in [-0.39, 0.29) is 20.4 Å². The fourth-order valence-corrected chi connectivity index (χ4v) is 5.83. The fourth-order valence-electron chi connectivity index (χ4n) is 2.79. The highest BCUT2D eigenvalue weighted by Crippen LogP contribution is 2.29. The number of fused-ring (bicyclic) bond motifs is 1. The van der Waals surface area contributed by atoms with Crippen molar-refractivity contribution in [3.05, 3.63) is 59.1 Å². The van der Waals surface area contributed by atoms with Gasteiger partial charge in [-0.05, 0) is 37.3 Å². The molecule has 12 heteroatoms. The molecule has 2 aromatic rings. The molecule has 1 N–H and O–H groups in total. The second-order valence-electron chi connectivity index (χ2n) is 6.35. The van der Waals surface area contributed by atoms with Crippen molar-refractivity contribution in [3.63, 3.8) is 0 Å². The molecular weight excluding hydrogens is 456 g/mol. The summed E-state index contributed by atoms with van der Waals surface area (Å²) in [4.78, 5) is 24.2. The van der Waals surface area contributed by atoms with Gasteiger partial charge in [0.15, 0.2) is 0 Å². The highest BCUT2D eigenvalue weighted by atomic mass is 35.5. The summed E-state index contributed by atoms with van der Waals surface area (Å²) in [7, 11) is -8.04. The molecule has 1 heterocycles. The Kier molecular flexibility index (Phi) is 6.18. The topological polar surface area (TPSA) is 127 Å². The summed E-state index contributed by atoms with van der Waals surface area (Å²) in [6.07, 6.45) is 0. The molecule has 0 fully saturated rings. The molecule has 1 aliphatic heterocycles. The zero-order valence-corrected chi connectivity index (χ0v) is 18.0. The maximum Gasteiger partial charge on any atom is 0.323 e. The van der Waals surface area contributed by atoms with Gasteiger partial charge in [0.25, 0.3) is 15.9 Å². The van der Waals surface area contributed by atoms with E-state index in [1.807, 2.05) is 0 Å². The van der Waals surface area contributed by atoms with E-state index in [4.69, 9.17) is 16.3 Å². The van der Waals surface area contributed by atoms with Crippen molar-refractivity contribution in [2.75, 3.05) is 13.2 Å². The molecule has 0 bridgehead atoms. The maximum atomic E-state index is 12.4.